The summed E-state index contributed by atoms with van der Waals surface area (Å²) in [6.45, 7) is 10.1. The molecule has 11 heteroatoms. The van der Waals surface area contributed by atoms with Gasteiger partial charge in [-0.15, -0.1) is 0 Å². The number of carbonyl (C=O) groups is 2. The maximum atomic E-state index is 14.1. The third-order valence-electron chi connectivity index (χ3n) is 7.11. The van der Waals surface area contributed by atoms with Crippen molar-refractivity contribution < 1.29 is 24.3 Å². The monoisotopic (exact) mass is 582 g/mol. The maximum absolute atomic E-state index is 14.1. The molecule has 1 atom stereocenters. The second kappa shape index (κ2) is 11.7. The molecule has 0 spiro atoms. The van der Waals surface area contributed by atoms with Crippen LogP contribution < -0.4 is 15.1 Å². The number of aromatic nitrogens is 2. The minimum atomic E-state index is -1.03. The highest BCUT2D eigenvalue weighted by Gasteiger charge is 2.33. The van der Waals surface area contributed by atoms with E-state index in [0.717, 1.165) is 11.1 Å². The average Bonchev–Trinajstić information content (AvgIpc) is 3.45. The summed E-state index contributed by atoms with van der Waals surface area (Å²) >= 11 is 0. The second-order valence-corrected chi connectivity index (χ2v) is 11.3. The standard InChI is InChI=1S/C32H34N6O5/c1-6-42-23-13-11-21(12-14-23)30(39)38(43-32(3,4)5)29-20(2)28(25(17-33)27-15-16-34-37(27)29)35-26-19-36(31(40)41)18-22-9-7-8-10-24(22)26/h7-16,26,35H,6,18-19H2,1-5H3,(H,40,41). The predicted octanol–water partition coefficient (Wildman–Crippen LogP) is 5.94. The van der Waals surface area contributed by atoms with E-state index >= 15 is 0 Å². The van der Waals surface area contributed by atoms with Gasteiger partial charge in [-0.3, -0.25) is 9.63 Å². The summed E-state index contributed by atoms with van der Waals surface area (Å²) in [5.74, 6) is 0.518. The van der Waals surface area contributed by atoms with Crippen LogP contribution in [0.4, 0.5) is 16.3 Å². The molecule has 11 nitrogen and oxygen atoms in total. The number of benzene rings is 2. The van der Waals surface area contributed by atoms with E-state index in [1.807, 2.05) is 52.0 Å². The number of hydrogen-bond donors (Lipinski definition) is 2. The average molecular weight is 583 g/mol. The van der Waals surface area contributed by atoms with Gasteiger partial charge in [0.05, 0.1) is 35.7 Å². The molecule has 1 aliphatic heterocycles. The molecule has 0 aliphatic carbocycles. The van der Waals surface area contributed by atoms with Gasteiger partial charge >= 0.3 is 6.09 Å². The number of fused-ring (bicyclic) bond motifs is 2. The molecular weight excluding hydrogens is 548 g/mol. The Hall–Kier alpha value is -5.08. The quantitative estimate of drug-likeness (QED) is 0.256. The molecule has 0 saturated heterocycles. The van der Waals surface area contributed by atoms with E-state index in [2.05, 4.69) is 16.5 Å². The number of rotatable bonds is 7. The van der Waals surface area contributed by atoms with Gasteiger partial charge in [0, 0.05) is 24.2 Å². The molecule has 0 bridgehead atoms. The summed E-state index contributed by atoms with van der Waals surface area (Å²) in [4.78, 5) is 33.7. The number of amides is 2. The zero-order valence-corrected chi connectivity index (χ0v) is 24.8. The number of hydroxylamine groups is 1. The van der Waals surface area contributed by atoms with Gasteiger partial charge in [0.1, 0.15) is 17.4 Å². The summed E-state index contributed by atoms with van der Waals surface area (Å²) in [6.07, 6.45) is 0.526. The number of pyridine rings is 1. The number of nitrogens with one attached hydrogen (secondary N) is 1. The normalized spacial score (nSPS) is 14.6. The summed E-state index contributed by atoms with van der Waals surface area (Å²) in [6, 6.07) is 18.0. The Kier molecular flexibility index (Phi) is 7.98. The lowest BCUT2D eigenvalue weighted by Gasteiger charge is -2.35. The highest BCUT2D eigenvalue weighted by molar-refractivity contribution is 6.05. The van der Waals surface area contributed by atoms with Gasteiger partial charge in [-0.05, 0) is 76.1 Å². The number of hydrogen-bond acceptors (Lipinski definition) is 7. The minimum Gasteiger partial charge on any atom is -0.494 e. The van der Waals surface area contributed by atoms with E-state index in [4.69, 9.17) is 9.57 Å². The van der Waals surface area contributed by atoms with Crippen molar-refractivity contribution in [2.45, 2.75) is 52.8 Å². The SMILES string of the molecule is CCOc1ccc(C(=O)N(OC(C)(C)C)c2c(C)c(NC3CN(C(=O)O)Cc4ccccc43)c(C#N)c3ccnn23)cc1. The second-order valence-electron chi connectivity index (χ2n) is 11.3. The molecule has 5 rings (SSSR count). The molecule has 1 aliphatic rings. The zero-order chi connectivity index (χ0) is 30.9. The Balaban J connectivity index is 1.67. The number of anilines is 2. The molecule has 2 aromatic carbocycles. The van der Waals surface area contributed by atoms with E-state index < -0.39 is 23.6 Å². The van der Waals surface area contributed by atoms with Crippen molar-refractivity contribution in [3.8, 4) is 11.8 Å². The topological polar surface area (TPSA) is 132 Å². The molecule has 222 valence electrons. The van der Waals surface area contributed by atoms with Crippen LogP contribution in [0.25, 0.3) is 5.52 Å². The van der Waals surface area contributed by atoms with E-state index in [-0.39, 0.29) is 13.1 Å². The van der Waals surface area contributed by atoms with Crippen LogP contribution in [0.3, 0.4) is 0 Å². The van der Waals surface area contributed by atoms with Crippen LogP contribution in [0, 0.1) is 18.3 Å². The number of ether oxygens (including phenoxy) is 1. The number of carboxylic acid groups (broad SMARTS) is 1. The Bertz CT molecular complexity index is 1720. The van der Waals surface area contributed by atoms with Gasteiger partial charge in [-0.1, -0.05) is 24.3 Å². The molecule has 0 fully saturated rings. The molecule has 0 saturated carbocycles. The molecule has 2 amide bonds. The van der Waals surface area contributed by atoms with Crippen LogP contribution in [-0.2, 0) is 11.4 Å². The lowest BCUT2D eigenvalue weighted by Crippen LogP contribution is -2.41. The minimum absolute atomic E-state index is 0.170. The maximum Gasteiger partial charge on any atom is 0.407 e. The first-order valence-corrected chi connectivity index (χ1v) is 14.0. The first-order chi connectivity index (χ1) is 20.5. The Morgan fingerprint density at radius 1 is 1.16 bits per heavy atom. The van der Waals surface area contributed by atoms with E-state index in [1.165, 1.54) is 14.5 Å². The Labute approximate surface area is 249 Å². The van der Waals surface area contributed by atoms with Gasteiger partial charge in [-0.25, -0.2) is 9.31 Å². The van der Waals surface area contributed by atoms with Crippen molar-refractivity contribution in [2.75, 3.05) is 23.5 Å². The molecule has 2 N–H and O–H groups in total. The Morgan fingerprint density at radius 2 is 1.88 bits per heavy atom. The summed E-state index contributed by atoms with van der Waals surface area (Å²) in [5, 5.41) is 29.3. The summed E-state index contributed by atoms with van der Waals surface area (Å²) in [5.41, 5.74) is 3.16. The number of carbonyl (C=O) groups excluding carboxylic acids is 1. The number of nitriles is 1. The van der Waals surface area contributed by atoms with Crippen LogP contribution in [0.2, 0.25) is 0 Å². The first kappa shape index (κ1) is 29.4. The molecule has 2 aromatic heterocycles. The van der Waals surface area contributed by atoms with Gasteiger partial charge in [0.25, 0.3) is 5.91 Å². The van der Waals surface area contributed by atoms with E-state index in [0.29, 0.717) is 46.1 Å². The van der Waals surface area contributed by atoms with E-state index in [1.54, 1.807) is 43.5 Å². The summed E-state index contributed by atoms with van der Waals surface area (Å²) < 4.78 is 7.07. The highest BCUT2D eigenvalue weighted by Crippen LogP contribution is 2.38. The van der Waals surface area contributed by atoms with Gasteiger partial charge in [0.15, 0.2) is 5.82 Å². The fourth-order valence-corrected chi connectivity index (χ4v) is 5.26. The van der Waals surface area contributed by atoms with Crippen molar-refractivity contribution >= 4 is 29.0 Å². The van der Waals surface area contributed by atoms with Gasteiger partial charge < -0.3 is 20.1 Å². The lowest BCUT2D eigenvalue weighted by molar-refractivity contribution is -0.0172. The zero-order valence-electron chi connectivity index (χ0n) is 24.8. The fraction of sp³-hybridized carbons (Fsp3) is 0.312. The van der Waals surface area contributed by atoms with Gasteiger partial charge in [-0.2, -0.15) is 15.4 Å². The fourth-order valence-electron chi connectivity index (χ4n) is 5.26. The van der Waals surface area contributed by atoms with Crippen LogP contribution in [0.15, 0.2) is 60.8 Å². The van der Waals surface area contributed by atoms with E-state index in [9.17, 15) is 20.0 Å². The van der Waals surface area contributed by atoms with Crippen LogP contribution in [0.1, 0.15) is 66.3 Å². The molecular formula is C32H34N6O5. The van der Waals surface area contributed by atoms with Crippen molar-refractivity contribution in [1.29, 1.82) is 5.26 Å². The van der Waals surface area contributed by atoms with Crippen LogP contribution in [0.5, 0.6) is 5.75 Å². The number of nitrogens with zero attached hydrogens (tertiary/aromatic N) is 5. The molecule has 43 heavy (non-hydrogen) atoms. The lowest BCUT2D eigenvalue weighted by atomic mass is 9.94. The van der Waals surface area contributed by atoms with Crippen molar-refractivity contribution in [3.05, 3.63) is 88.6 Å². The predicted molar refractivity (Wildman–Crippen MR) is 161 cm³/mol. The van der Waals surface area contributed by atoms with Gasteiger partial charge in [0.2, 0.25) is 0 Å². The third-order valence-corrected chi connectivity index (χ3v) is 7.11. The molecule has 1 unspecified atom stereocenters. The van der Waals surface area contributed by atoms with Crippen LogP contribution >= 0.6 is 0 Å². The highest BCUT2D eigenvalue weighted by atomic mass is 16.7. The Morgan fingerprint density at radius 3 is 2.53 bits per heavy atom. The third kappa shape index (κ3) is 5.82. The van der Waals surface area contributed by atoms with Crippen LogP contribution in [-0.4, -0.2) is 50.4 Å². The molecule has 4 aromatic rings. The first-order valence-electron chi connectivity index (χ1n) is 14.0. The molecule has 0 radical (unpaired) electrons. The van der Waals surface area contributed by atoms with Crippen molar-refractivity contribution in [2.24, 2.45) is 0 Å². The van der Waals surface area contributed by atoms with Crippen molar-refractivity contribution in [1.82, 2.24) is 14.5 Å². The smallest absolute Gasteiger partial charge is 0.407 e. The molecule has 3 heterocycles. The van der Waals surface area contributed by atoms with Crippen molar-refractivity contribution in [3.63, 3.8) is 0 Å². The largest absolute Gasteiger partial charge is 0.494 e. The summed E-state index contributed by atoms with van der Waals surface area (Å²) in [7, 11) is 0.